The lowest BCUT2D eigenvalue weighted by Crippen LogP contribution is -2.14. The molecule has 0 heterocycles. The van der Waals surface area contributed by atoms with Gasteiger partial charge in [0, 0.05) is 0 Å². The number of hydrogen-bond donors (Lipinski definition) is 2. The molecule has 3 N–H and O–H groups in total. The Bertz CT molecular complexity index is 1210. The SMILES string of the molecule is C=C/C=C(/Nc1c(C(=O)OCc2ccccc2)cc(OCc2ccccc2)c(N)c1F)C(=C)F.CC. The lowest BCUT2D eigenvalue weighted by atomic mass is 10.1. The summed E-state index contributed by atoms with van der Waals surface area (Å²) in [5.41, 5.74) is 6.40. The molecule has 0 aliphatic rings. The number of nitrogens with one attached hydrogen (secondary N) is 1. The van der Waals surface area contributed by atoms with Crippen LogP contribution in [0.4, 0.5) is 20.2 Å². The van der Waals surface area contributed by atoms with Gasteiger partial charge in [-0.1, -0.05) is 93.7 Å². The smallest absolute Gasteiger partial charge is 0.340 e. The number of rotatable bonds is 10. The fourth-order valence-electron chi connectivity index (χ4n) is 3.03. The molecular formula is C29H30F2N2O3. The Morgan fingerprint density at radius 3 is 2.11 bits per heavy atom. The molecule has 36 heavy (non-hydrogen) atoms. The number of benzene rings is 3. The normalized spacial score (nSPS) is 10.5. The van der Waals surface area contributed by atoms with Gasteiger partial charge in [0.1, 0.15) is 30.5 Å². The number of allylic oxidation sites excluding steroid dienone is 3. The van der Waals surface area contributed by atoms with Crippen molar-refractivity contribution in [2.75, 3.05) is 11.1 Å². The molecule has 0 unspecified atom stereocenters. The first-order valence-electron chi connectivity index (χ1n) is 11.3. The van der Waals surface area contributed by atoms with Crippen LogP contribution >= 0.6 is 0 Å². The number of hydrogen-bond acceptors (Lipinski definition) is 5. The Kier molecular flexibility index (Phi) is 10.9. The Hall–Kier alpha value is -4.39. The van der Waals surface area contributed by atoms with Gasteiger partial charge < -0.3 is 20.5 Å². The summed E-state index contributed by atoms with van der Waals surface area (Å²) in [5, 5.41) is 2.54. The Labute approximate surface area is 210 Å². The second-order valence-corrected chi connectivity index (χ2v) is 7.21. The zero-order valence-corrected chi connectivity index (χ0v) is 20.4. The van der Waals surface area contributed by atoms with E-state index in [1.165, 1.54) is 18.2 Å². The topological polar surface area (TPSA) is 73.6 Å². The van der Waals surface area contributed by atoms with Gasteiger partial charge in [0.25, 0.3) is 0 Å². The summed E-state index contributed by atoms with van der Waals surface area (Å²) in [7, 11) is 0. The fourth-order valence-corrected chi connectivity index (χ4v) is 3.03. The maximum atomic E-state index is 15.4. The maximum absolute atomic E-state index is 15.4. The van der Waals surface area contributed by atoms with Crippen LogP contribution in [0.2, 0.25) is 0 Å². The molecule has 0 bridgehead atoms. The monoisotopic (exact) mass is 492 g/mol. The van der Waals surface area contributed by atoms with E-state index in [0.717, 1.165) is 11.1 Å². The van der Waals surface area contributed by atoms with E-state index >= 15 is 4.39 Å². The molecule has 0 aliphatic carbocycles. The van der Waals surface area contributed by atoms with Crippen molar-refractivity contribution in [1.29, 1.82) is 0 Å². The predicted octanol–water partition coefficient (Wildman–Crippen LogP) is 7.34. The van der Waals surface area contributed by atoms with Crippen LogP contribution in [-0.2, 0) is 18.0 Å². The molecule has 0 saturated carbocycles. The first kappa shape index (κ1) is 27.9. The van der Waals surface area contributed by atoms with Crippen molar-refractivity contribution in [2.24, 2.45) is 0 Å². The number of ether oxygens (including phenoxy) is 2. The number of carbonyl (C=O) groups excluding carboxylic acids is 1. The molecule has 3 aromatic rings. The summed E-state index contributed by atoms with van der Waals surface area (Å²) in [6, 6.07) is 19.4. The summed E-state index contributed by atoms with van der Waals surface area (Å²) >= 11 is 0. The number of nitrogens with two attached hydrogens (primary N) is 1. The quantitative estimate of drug-likeness (QED) is 0.176. The van der Waals surface area contributed by atoms with Gasteiger partial charge in [-0.25, -0.2) is 13.6 Å². The van der Waals surface area contributed by atoms with Crippen LogP contribution in [0.5, 0.6) is 5.75 Å². The fraction of sp³-hybridized carbons (Fsp3) is 0.138. The van der Waals surface area contributed by atoms with E-state index in [4.69, 9.17) is 15.2 Å². The van der Waals surface area contributed by atoms with Crippen molar-refractivity contribution in [3.8, 4) is 5.75 Å². The van der Waals surface area contributed by atoms with E-state index in [9.17, 15) is 9.18 Å². The van der Waals surface area contributed by atoms with Crippen molar-refractivity contribution >= 4 is 17.3 Å². The summed E-state index contributed by atoms with van der Waals surface area (Å²) in [4.78, 5) is 13.0. The zero-order chi connectivity index (χ0) is 26.5. The molecule has 0 saturated heterocycles. The number of nitrogen functional groups attached to an aromatic ring is 1. The van der Waals surface area contributed by atoms with Crippen molar-refractivity contribution in [2.45, 2.75) is 27.1 Å². The molecule has 0 aliphatic heterocycles. The van der Waals surface area contributed by atoms with Crippen LogP contribution in [0.15, 0.2) is 104 Å². The van der Waals surface area contributed by atoms with Gasteiger partial charge in [-0.05, 0) is 23.3 Å². The van der Waals surface area contributed by atoms with Gasteiger partial charge in [0.05, 0.1) is 16.9 Å². The highest BCUT2D eigenvalue weighted by atomic mass is 19.1. The van der Waals surface area contributed by atoms with E-state index in [2.05, 4.69) is 18.5 Å². The van der Waals surface area contributed by atoms with Crippen LogP contribution in [0.3, 0.4) is 0 Å². The number of carbonyl (C=O) groups is 1. The minimum atomic E-state index is -0.992. The van der Waals surface area contributed by atoms with Gasteiger partial charge in [0.15, 0.2) is 5.82 Å². The van der Waals surface area contributed by atoms with Crippen molar-refractivity contribution in [1.82, 2.24) is 0 Å². The molecule has 188 valence electrons. The van der Waals surface area contributed by atoms with Crippen molar-refractivity contribution in [3.63, 3.8) is 0 Å². The molecule has 0 aromatic heterocycles. The Morgan fingerprint density at radius 2 is 1.58 bits per heavy atom. The average Bonchev–Trinajstić information content (AvgIpc) is 2.91. The average molecular weight is 493 g/mol. The zero-order valence-electron chi connectivity index (χ0n) is 20.4. The lowest BCUT2D eigenvalue weighted by Gasteiger charge is -2.18. The van der Waals surface area contributed by atoms with Gasteiger partial charge in [-0.15, -0.1) is 0 Å². The number of halogens is 2. The molecule has 0 atom stereocenters. The van der Waals surface area contributed by atoms with Crippen molar-refractivity contribution < 1.29 is 23.0 Å². The van der Waals surface area contributed by atoms with Crippen LogP contribution in [-0.4, -0.2) is 5.97 Å². The van der Waals surface area contributed by atoms with Crippen LogP contribution < -0.4 is 15.8 Å². The maximum Gasteiger partial charge on any atom is 0.340 e. The summed E-state index contributed by atoms with van der Waals surface area (Å²) in [6.45, 7) is 10.8. The molecule has 3 aromatic carbocycles. The van der Waals surface area contributed by atoms with Gasteiger partial charge in [-0.2, -0.15) is 0 Å². The molecule has 7 heteroatoms. The molecule has 5 nitrogen and oxygen atoms in total. The molecule has 0 radical (unpaired) electrons. The molecule has 0 fully saturated rings. The lowest BCUT2D eigenvalue weighted by molar-refractivity contribution is 0.0473. The minimum Gasteiger partial charge on any atom is -0.487 e. The van der Waals surface area contributed by atoms with Gasteiger partial charge >= 0.3 is 5.97 Å². The predicted molar refractivity (Wildman–Crippen MR) is 141 cm³/mol. The van der Waals surface area contributed by atoms with Crippen LogP contribution in [0, 0.1) is 5.82 Å². The van der Waals surface area contributed by atoms with Crippen LogP contribution in [0.1, 0.15) is 35.3 Å². The molecule has 0 spiro atoms. The van der Waals surface area contributed by atoms with Gasteiger partial charge in [0.2, 0.25) is 0 Å². The standard InChI is InChI=1S/C27H24F2N2O3.C2H6/c1-3-10-22(18(2)28)31-26-21(27(32)34-17-20-13-8-5-9-14-20)15-23(25(30)24(26)29)33-16-19-11-6-4-7-12-19;1-2/h3-15,31H,1-2,16-17,30H2;1-2H3/b22-10+;. The largest absolute Gasteiger partial charge is 0.487 e. The first-order valence-corrected chi connectivity index (χ1v) is 11.3. The third kappa shape index (κ3) is 7.56. The van der Waals surface area contributed by atoms with E-state index in [1.807, 2.05) is 50.2 Å². The molecular weight excluding hydrogens is 462 g/mol. The summed E-state index contributed by atoms with van der Waals surface area (Å²) < 4.78 is 40.3. The molecule has 3 rings (SSSR count). The summed E-state index contributed by atoms with van der Waals surface area (Å²) in [5.74, 6) is -2.77. The van der Waals surface area contributed by atoms with Crippen LogP contribution in [0.25, 0.3) is 0 Å². The molecule has 0 amide bonds. The van der Waals surface area contributed by atoms with E-state index < -0.39 is 17.6 Å². The minimum absolute atomic E-state index is 0.0452. The number of esters is 1. The number of anilines is 2. The third-order valence-corrected chi connectivity index (χ3v) is 4.77. The summed E-state index contributed by atoms with van der Waals surface area (Å²) in [6.07, 6.45) is 2.54. The van der Waals surface area contributed by atoms with E-state index in [-0.39, 0.29) is 41.6 Å². The highest BCUT2D eigenvalue weighted by molar-refractivity contribution is 5.98. The van der Waals surface area contributed by atoms with E-state index in [1.54, 1.807) is 24.3 Å². The second kappa shape index (κ2) is 14.1. The highest BCUT2D eigenvalue weighted by Gasteiger charge is 2.24. The van der Waals surface area contributed by atoms with Crippen molar-refractivity contribution in [3.05, 3.63) is 126 Å². The van der Waals surface area contributed by atoms with Gasteiger partial charge in [-0.3, -0.25) is 0 Å². The first-order chi connectivity index (χ1) is 17.4. The second-order valence-electron chi connectivity index (χ2n) is 7.21. The van der Waals surface area contributed by atoms with E-state index in [0.29, 0.717) is 0 Å². The highest BCUT2D eigenvalue weighted by Crippen LogP contribution is 2.36. The third-order valence-electron chi connectivity index (χ3n) is 4.77. The Morgan fingerprint density at radius 1 is 1.03 bits per heavy atom. The Balaban J connectivity index is 0.00000222.